The molecule has 90 valence electrons. The van der Waals surface area contributed by atoms with Crippen molar-refractivity contribution in [2.45, 2.75) is 64.4 Å². The summed E-state index contributed by atoms with van der Waals surface area (Å²) in [5.41, 5.74) is 0. The van der Waals surface area contributed by atoms with Gasteiger partial charge >= 0.3 is 0 Å². The number of hydrogen-bond donors (Lipinski definition) is 2. The van der Waals surface area contributed by atoms with Crippen molar-refractivity contribution in [3.05, 3.63) is 12.2 Å². The maximum atomic E-state index is 9.57. The van der Waals surface area contributed by atoms with Crippen LogP contribution in [0.15, 0.2) is 12.2 Å². The van der Waals surface area contributed by atoms with Gasteiger partial charge in [-0.25, -0.2) is 0 Å². The molecule has 0 heterocycles. The van der Waals surface area contributed by atoms with E-state index >= 15 is 0 Å². The van der Waals surface area contributed by atoms with Crippen molar-refractivity contribution in [1.29, 1.82) is 0 Å². The van der Waals surface area contributed by atoms with Gasteiger partial charge in [0.1, 0.15) is 0 Å². The fraction of sp³-hybridized carbons (Fsp3) is 0.846. The summed E-state index contributed by atoms with van der Waals surface area (Å²) in [6.45, 7) is 2.46. The van der Waals surface area contributed by atoms with Crippen LogP contribution in [0.25, 0.3) is 0 Å². The van der Waals surface area contributed by atoms with E-state index in [4.69, 9.17) is 5.11 Å². The highest BCUT2D eigenvalue weighted by molar-refractivity contribution is 4.88. The Morgan fingerprint density at radius 3 is 2.53 bits per heavy atom. The van der Waals surface area contributed by atoms with E-state index in [1.165, 1.54) is 19.3 Å². The van der Waals surface area contributed by atoms with Gasteiger partial charge in [0.05, 0.1) is 6.10 Å². The molecular weight excluding hydrogens is 188 g/mol. The Morgan fingerprint density at radius 1 is 1.07 bits per heavy atom. The normalized spacial score (nSPS) is 13.5. The minimum Gasteiger partial charge on any atom is -0.396 e. The Balaban J connectivity index is 3.26. The van der Waals surface area contributed by atoms with Gasteiger partial charge in [-0.15, -0.1) is 0 Å². The smallest absolute Gasteiger partial charge is 0.0720 e. The Labute approximate surface area is 94.0 Å². The van der Waals surface area contributed by atoms with Crippen LogP contribution in [0.3, 0.4) is 0 Å². The summed E-state index contributed by atoms with van der Waals surface area (Å²) in [5.74, 6) is 0. The molecule has 15 heavy (non-hydrogen) atoms. The molecule has 0 bridgehead atoms. The van der Waals surface area contributed by atoms with Gasteiger partial charge in [0, 0.05) is 6.61 Å². The van der Waals surface area contributed by atoms with Gasteiger partial charge in [-0.1, -0.05) is 44.8 Å². The van der Waals surface area contributed by atoms with Crippen molar-refractivity contribution in [3.8, 4) is 0 Å². The van der Waals surface area contributed by atoms with Crippen molar-refractivity contribution in [1.82, 2.24) is 0 Å². The lowest BCUT2D eigenvalue weighted by atomic mass is 10.1. The number of allylic oxidation sites excluding steroid dienone is 1. The van der Waals surface area contributed by atoms with E-state index in [1.54, 1.807) is 0 Å². The van der Waals surface area contributed by atoms with Crippen LogP contribution in [0.5, 0.6) is 0 Å². The van der Waals surface area contributed by atoms with Crippen LogP contribution in [0.4, 0.5) is 0 Å². The molecule has 0 aliphatic rings. The maximum absolute atomic E-state index is 9.57. The summed E-state index contributed by atoms with van der Waals surface area (Å²) in [6, 6.07) is 0. The van der Waals surface area contributed by atoms with E-state index in [-0.39, 0.29) is 12.7 Å². The second-order valence-corrected chi connectivity index (χ2v) is 4.06. The fourth-order valence-corrected chi connectivity index (χ4v) is 1.50. The molecule has 0 aromatic rings. The van der Waals surface area contributed by atoms with Gasteiger partial charge in [-0.3, -0.25) is 0 Å². The summed E-state index contributed by atoms with van der Waals surface area (Å²) in [5, 5.41) is 18.1. The van der Waals surface area contributed by atoms with Gasteiger partial charge in [-0.05, 0) is 25.7 Å². The number of aliphatic hydroxyl groups excluding tert-OH is 2. The first-order valence-electron chi connectivity index (χ1n) is 6.26. The molecule has 0 aliphatic heterocycles. The molecule has 0 aromatic heterocycles. The highest BCUT2D eigenvalue weighted by atomic mass is 16.3. The molecule has 0 fully saturated rings. The molecule has 2 N–H and O–H groups in total. The van der Waals surface area contributed by atoms with E-state index in [0.717, 1.165) is 32.1 Å². The van der Waals surface area contributed by atoms with Gasteiger partial charge in [0.2, 0.25) is 0 Å². The molecule has 0 aliphatic carbocycles. The van der Waals surface area contributed by atoms with Crippen molar-refractivity contribution >= 4 is 0 Å². The molecule has 1 atom stereocenters. The monoisotopic (exact) mass is 214 g/mol. The van der Waals surface area contributed by atoms with E-state index in [2.05, 4.69) is 6.92 Å². The number of hydrogen-bond acceptors (Lipinski definition) is 2. The van der Waals surface area contributed by atoms with Crippen molar-refractivity contribution < 1.29 is 10.2 Å². The summed E-state index contributed by atoms with van der Waals surface area (Å²) >= 11 is 0. The second-order valence-electron chi connectivity index (χ2n) is 4.06. The Bertz CT molecular complexity index is 143. The predicted molar refractivity (Wildman–Crippen MR) is 64.8 cm³/mol. The van der Waals surface area contributed by atoms with Gasteiger partial charge in [0.25, 0.3) is 0 Å². The maximum Gasteiger partial charge on any atom is 0.0720 e. The van der Waals surface area contributed by atoms with Crippen LogP contribution >= 0.6 is 0 Å². The molecule has 2 nitrogen and oxygen atoms in total. The van der Waals surface area contributed by atoms with Crippen molar-refractivity contribution in [2.75, 3.05) is 6.61 Å². The first-order valence-corrected chi connectivity index (χ1v) is 6.26. The third kappa shape index (κ3) is 11.6. The van der Waals surface area contributed by atoms with Crippen LogP contribution in [0, 0.1) is 0 Å². The molecule has 2 heteroatoms. The van der Waals surface area contributed by atoms with Crippen LogP contribution in [-0.2, 0) is 0 Å². The second kappa shape index (κ2) is 11.7. The molecule has 0 rings (SSSR count). The Morgan fingerprint density at radius 2 is 1.87 bits per heavy atom. The molecule has 1 unspecified atom stereocenters. The minimum atomic E-state index is -0.268. The van der Waals surface area contributed by atoms with Crippen molar-refractivity contribution in [3.63, 3.8) is 0 Å². The molecule has 0 spiro atoms. The molecular formula is C13H26O2. The third-order valence-corrected chi connectivity index (χ3v) is 2.49. The molecule has 0 saturated carbocycles. The van der Waals surface area contributed by atoms with Crippen LogP contribution < -0.4 is 0 Å². The van der Waals surface area contributed by atoms with Crippen molar-refractivity contribution in [2.24, 2.45) is 0 Å². The van der Waals surface area contributed by atoms with E-state index < -0.39 is 0 Å². The minimum absolute atomic E-state index is 0.268. The lowest BCUT2D eigenvalue weighted by molar-refractivity contribution is 0.207. The lowest BCUT2D eigenvalue weighted by Crippen LogP contribution is -2.01. The van der Waals surface area contributed by atoms with Gasteiger partial charge < -0.3 is 10.2 Å². The van der Waals surface area contributed by atoms with E-state index in [9.17, 15) is 5.11 Å². The van der Waals surface area contributed by atoms with Crippen LogP contribution in [0.1, 0.15) is 58.3 Å². The van der Waals surface area contributed by atoms with Gasteiger partial charge in [0.15, 0.2) is 0 Å². The largest absolute Gasteiger partial charge is 0.396 e. The fourth-order valence-electron chi connectivity index (χ4n) is 1.50. The van der Waals surface area contributed by atoms with E-state index in [0.29, 0.717) is 0 Å². The molecule has 0 radical (unpaired) electrons. The Hall–Kier alpha value is -0.340. The summed E-state index contributed by atoms with van der Waals surface area (Å²) < 4.78 is 0. The van der Waals surface area contributed by atoms with Gasteiger partial charge in [-0.2, -0.15) is 0 Å². The van der Waals surface area contributed by atoms with E-state index in [1.807, 2.05) is 12.2 Å². The zero-order valence-corrected chi connectivity index (χ0v) is 9.99. The molecule has 0 amide bonds. The zero-order chi connectivity index (χ0) is 11.4. The zero-order valence-electron chi connectivity index (χ0n) is 9.99. The summed E-state index contributed by atoms with van der Waals surface area (Å²) in [7, 11) is 0. The standard InChI is InChI=1S/C13H26O2/c1-2-3-4-7-10-13(15)11-8-5-6-9-12-14/h8,11,13-15H,2-7,9-10,12H2,1H3/b11-8+. The Kier molecular flexibility index (Phi) is 11.5. The van der Waals surface area contributed by atoms with Crippen LogP contribution in [0.2, 0.25) is 0 Å². The summed E-state index contributed by atoms with van der Waals surface area (Å²) in [4.78, 5) is 0. The highest BCUT2D eigenvalue weighted by Gasteiger charge is 1.97. The summed E-state index contributed by atoms with van der Waals surface area (Å²) in [6.07, 6.45) is 12.2. The number of rotatable bonds is 10. The first-order chi connectivity index (χ1) is 7.31. The topological polar surface area (TPSA) is 40.5 Å². The quantitative estimate of drug-likeness (QED) is 0.433. The third-order valence-electron chi connectivity index (χ3n) is 2.49. The number of unbranched alkanes of at least 4 members (excludes halogenated alkanes) is 5. The van der Waals surface area contributed by atoms with Crippen LogP contribution in [-0.4, -0.2) is 22.9 Å². The average Bonchev–Trinajstić information content (AvgIpc) is 2.24. The highest BCUT2D eigenvalue weighted by Crippen LogP contribution is 2.07. The first kappa shape index (κ1) is 14.7. The SMILES string of the molecule is CCCCCCC(O)/C=C/CCCCO. The average molecular weight is 214 g/mol. The lowest BCUT2D eigenvalue weighted by Gasteiger charge is -2.04. The number of aliphatic hydroxyl groups is 2. The molecule has 0 aromatic carbocycles. The molecule has 0 saturated heterocycles. The predicted octanol–water partition coefficient (Wildman–Crippen LogP) is 3.04.